The first-order valence-electron chi connectivity index (χ1n) is 15.7. The van der Waals surface area contributed by atoms with Crippen molar-refractivity contribution in [3.8, 4) is 39.4 Å². The Labute approximate surface area is 269 Å². The Morgan fingerprint density at radius 2 is 0.957 bits per heavy atom. The van der Waals surface area contributed by atoms with E-state index in [1.165, 1.54) is 50.3 Å². The summed E-state index contributed by atoms with van der Waals surface area (Å²) < 4.78 is 0. The monoisotopic (exact) mass is 584 g/mol. The zero-order valence-electron chi connectivity index (χ0n) is 25.1. The smallest absolute Gasteiger partial charge is 0.0991 e. The molecule has 7 aromatic carbocycles. The van der Waals surface area contributed by atoms with Gasteiger partial charge in [0.25, 0.3) is 0 Å². The van der Waals surface area contributed by atoms with Crippen LogP contribution in [-0.4, -0.2) is 0 Å². The zero-order valence-corrected chi connectivity index (χ0v) is 25.1. The lowest BCUT2D eigenvalue weighted by Gasteiger charge is -2.45. The average molecular weight is 585 g/mol. The van der Waals surface area contributed by atoms with Crippen molar-refractivity contribution in [3.63, 3.8) is 0 Å². The summed E-state index contributed by atoms with van der Waals surface area (Å²) >= 11 is 0. The van der Waals surface area contributed by atoms with Gasteiger partial charge in [-0.05, 0) is 104 Å². The molecule has 0 saturated heterocycles. The molecule has 1 spiro atoms. The molecule has 0 N–H and O–H groups in total. The average Bonchev–Trinajstić information content (AvgIpc) is 3.42. The molecule has 1 aliphatic carbocycles. The van der Waals surface area contributed by atoms with Gasteiger partial charge in [-0.2, -0.15) is 5.26 Å². The van der Waals surface area contributed by atoms with Crippen LogP contribution >= 0.6 is 0 Å². The topological polar surface area (TPSA) is 27.0 Å². The normalized spacial score (nSPS) is 13.3. The highest BCUT2D eigenvalue weighted by Crippen LogP contribution is 2.63. The van der Waals surface area contributed by atoms with Crippen molar-refractivity contribution >= 4 is 17.1 Å². The minimum Gasteiger partial charge on any atom is -0.310 e. The van der Waals surface area contributed by atoms with Gasteiger partial charge in [0.1, 0.15) is 0 Å². The van der Waals surface area contributed by atoms with Gasteiger partial charge in [-0.1, -0.05) is 121 Å². The summed E-state index contributed by atoms with van der Waals surface area (Å²) in [5.74, 6) is 0. The Bertz CT molecular complexity index is 2300. The summed E-state index contributed by atoms with van der Waals surface area (Å²) in [6.07, 6.45) is 0. The highest BCUT2D eigenvalue weighted by atomic mass is 15.2. The maximum absolute atomic E-state index is 9.49. The number of anilines is 3. The van der Waals surface area contributed by atoms with Crippen LogP contribution in [0.1, 0.15) is 27.8 Å². The summed E-state index contributed by atoms with van der Waals surface area (Å²) in [6, 6.07) is 63.3. The molecule has 0 saturated carbocycles. The summed E-state index contributed by atoms with van der Waals surface area (Å²) in [6.45, 7) is 0. The number of hydrogen-bond donors (Lipinski definition) is 0. The number of fused-ring (bicyclic) bond motifs is 9. The Balaban J connectivity index is 1.31. The fraction of sp³-hybridized carbons (Fsp3) is 0.0227. The van der Waals surface area contributed by atoms with Crippen LogP contribution in [0.15, 0.2) is 170 Å². The van der Waals surface area contributed by atoms with E-state index in [1.807, 2.05) is 18.2 Å². The molecule has 0 unspecified atom stereocenters. The Hall–Kier alpha value is -6.17. The van der Waals surface area contributed by atoms with Gasteiger partial charge in [0, 0.05) is 5.69 Å². The molecule has 1 aliphatic heterocycles. The van der Waals surface area contributed by atoms with Crippen molar-refractivity contribution < 1.29 is 0 Å². The highest BCUT2D eigenvalue weighted by molar-refractivity contribution is 5.96. The molecule has 2 nitrogen and oxygen atoms in total. The van der Waals surface area contributed by atoms with Crippen LogP contribution in [0.3, 0.4) is 0 Å². The number of benzene rings is 7. The van der Waals surface area contributed by atoms with Crippen LogP contribution < -0.4 is 4.90 Å². The van der Waals surface area contributed by atoms with Gasteiger partial charge in [-0.25, -0.2) is 0 Å². The minimum atomic E-state index is -0.487. The number of nitrogens with zero attached hydrogens (tertiary/aromatic N) is 2. The van der Waals surface area contributed by atoms with E-state index in [0.29, 0.717) is 5.56 Å². The molecule has 2 heteroatoms. The Kier molecular flexibility index (Phi) is 5.82. The van der Waals surface area contributed by atoms with E-state index in [9.17, 15) is 5.26 Å². The zero-order chi connectivity index (χ0) is 30.7. The van der Waals surface area contributed by atoms with Gasteiger partial charge in [-0.15, -0.1) is 0 Å². The third kappa shape index (κ3) is 3.70. The number of para-hydroxylation sites is 3. The van der Waals surface area contributed by atoms with E-state index in [0.717, 1.165) is 22.4 Å². The molecule has 9 rings (SSSR count). The van der Waals surface area contributed by atoms with Crippen molar-refractivity contribution in [2.24, 2.45) is 0 Å². The van der Waals surface area contributed by atoms with E-state index >= 15 is 0 Å². The lowest BCUT2D eigenvalue weighted by molar-refractivity contribution is 0.753. The van der Waals surface area contributed by atoms with Crippen LogP contribution in [0, 0.1) is 11.3 Å². The lowest BCUT2D eigenvalue weighted by atomic mass is 9.64. The maximum atomic E-state index is 9.49. The quantitative estimate of drug-likeness (QED) is 0.207. The van der Waals surface area contributed by atoms with Crippen LogP contribution in [0.4, 0.5) is 17.1 Å². The standard InChI is InChI=1S/C44H28N2/c45-29-30-12-10-13-31(26-30)32-14-11-15-33(27-32)34-24-25-37-36-18-4-5-19-38(36)44(41(37)28-34)39-20-6-8-22-42(39)46(35-16-2-1-3-17-35)43-23-9-7-21-40(43)44/h1-28H. The maximum Gasteiger partial charge on any atom is 0.0991 e. The molecule has 0 fully saturated rings. The molecule has 2 aliphatic rings. The molecule has 1 heterocycles. The van der Waals surface area contributed by atoms with E-state index in [1.54, 1.807) is 0 Å². The van der Waals surface area contributed by atoms with E-state index in [4.69, 9.17) is 0 Å². The Morgan fingerprint density at radius 1 is 0.413 bits per heavy atom. The summed E-state index contributed by atoms with van der Waals surface area (Å²) in [5.41, 5.74) is 15.9. The SMILES string of the molecule is N#Cc1cccc(-c2cccc(-c3ccc4c(c3)C3(c5ccccc5-4)c4ccccc4N(c4ccccc4)c4ccccc43)c2)c1. The third-order valence-corrected chi connectivity index (χ3v) is 9.68. The fourth-order valence-electron chi connectivity index (χ4n) is 7.79. The fourth-order valence-corrected chi connectivity index (χ4v) is 7.79. The second-order valence-electron chi connectivity index (χ2n) is 12.0. The van der Waals surface area contributed by atoms with Gasteiger partial charge >= 0.3 is 0 Å². The first-order valence-corrected chi connectivity index (χ1v) is 15.7. The molecule has 0 radical (unpaired) electrons. The minimum absolute atomic E-state index is 0.487. The molecule has 214 valence electrons. The predicted octanol–water partition coefficient (Wildman–Crippen LogP) is 11.0. The highest BCUT2D eigenvalue weighted by Gasteiger charge is 2.51. The number of rotatable bonds is 3. The molecule has 0 atom stereocenters. The molecule has 0 bridgehead atoms. The number of nitriles is 1. The molecular weight excluding hydrogens is 556 g/mol. The van der Waals surface area contributed by atoms with E-state index in [2.05, 4.69) is 163 Å². The molecule has 7 aromatic rings. The molecule has 46 heavy (non-hydrogen) atoms. The summed E-state index contributed by atoms with van der Waals surface area (Å²) in [7, 11) is 0. The summed E-state index contributed by atoms with van der Waals surface area (Å²) in [5, 5.41) is 9.49. The van der Waals surface area contributed by atoms with Crippen molar-refractivity contribution in [2.45, 2.75) is 5.41 Å². The first kappa shape index (κ1) is 26.3. The van der Waals surface area contributed by atoms with Gasteiger partial charge in [-0.3, -0.25) is 0 Å². The lowest BCUT2D eigenvalue weighted by Crippen LogP contribution is -2.36. The van der Waals surface area contributed by atoms with Gasteiger partial charge < -0.3 is 4.90 Å². The third-order valence-electron chi connectivity index (χ3n) is 9.68. The van der Waals surface area contributed by atoms with Gasteiger partial charge in [0.2, 0.25) is 0 Å². The van der Waals surface area contributed by atoms with Crippen molar-refractivity contribution in [3.05, 3.63) is 198 Å². The predicted molar refractivity (Wildman–Crippen MR) is 188 cm³/mol. The van der Waals surface area contributed by atoms with Crippen LogP contribution in [0.2, 0.25) is 0 Å². The molecule has 0 aromatic heterocycles. The van der Waals surface area contributed by atoms with Gasteiger partial charge in [0.05, 0.1) is 28.4 Å². The van der Waals surface area contributed by atoms with Crippen molar-refractivity contribution in [1.82, 2.24) is 0 Å². The van der Waals surface area contributed by atoms with Crippen molar-refractivity contribution in [2.75, 3.05) is 4.90 Å². The van der Waals surface area contributed by atoms with Crippen LogP contribution in [0.25, 0.3) is 33.4 Å². The van der Waals surface area contributed by atoms with Crippen molar-refractivity contribution in [1.29, 1.82) is 5.26 Å². The van der Waals surface area contributed by atoms with E-state index in [-0.39, 0.29) is 0 Å². The molecular formula is C44H28N2. The van der Waals surface area contributed by atoms with E-state index < -0.39 is 5.41 Å². The second-order valence-corrected chi connectivity index (χ2v) is 12.0. The van der Waals surface area contributed by atoms with Crippen LogP contribution in [0.5, 0.6) is 0 Å². The largest absolute Gasteiger partial charge is 0.310 e. The van der Waals surface area contributed by atoms with Gasteiger partial charge in [0.15, 0.2) is 0 Å². The molecule has 0 amide bonds. The summed E-state index contributed by atoms with van der Waals surface area (Å²) in [4.78, 5) is 2.42. The Morgan fingerprint density at radius 3 is 1.65 bits per heavy atom. The second kappa shape index (κ2) is 10.2. The van der Waals surface area contributed by atoms with Crippen LogP contribution in [-0.2, 0) is 5.41 Å². The number of hydrogen-bond acceptors (Lipinski definition) is 2. The first-order chi connectivity index (χ1) is 22.8.